The molecule has 2 aromatic rings. The predicted octanol–water partition coefficient (Wildman–Crippen LogP) is 4.43. The molecule has 0 saturated carbocycles. The lowest BCUT2D eigenvalue weighted by Gasteiger charge is -2.09. The van der Waals surface area contributed by atoms with Crippen LogP contribution >= 0.6 is 27.3 Å². The van der Waals surface area contributed by atoms with Crippen molar-refractivity contribution in [2.45, 2.75) is 24.0 Å². The average molecular weight is 360 g/mol. The molecule has 0 aliphatic carbocycles. The summed E-state index contributed by atoms with van der Waals surface area (Å²) in [6, 6.07) is 10.8. The van der Waals surface area contributed by atoms with Crippen LogP contribution in [0.15, 0.2) is 44.4 Å². The first-order valence-corrected chi connectivity index (χ1v) is 8.86. The zero-order valence-corrected chi connectivity index (χ0v) is 13.8. The van der Waals surface area contributed by atoms with Gasteiger partial charge in [0.25, 0.3) is 10.0 Å². The smallest absolute Gasteiger partial charge is 0.271 e. The molecule has 19 heavy (non-hydrogen) atoms. The number of halogens is 1. The largest absolute Gasteiger partial charge is 0.279 e. The zero-order chi connectivity index (χ0) is 14.0. The number of sulfonamides is 1. The Hall–Kier alpha value is -0.850. The van der Waals surface area contributed by atoms with Crippen LogP contribution in [0.2, 0.25) is 0 Å². The second-order valence-corrected chi connectivity index (χ2v) is 8.81. The summed E-state index contributed by atoms with van der Waals surface area (Å²) in [5.41, 5.74) is 1.76. The molecule has 0 amide bonds. The van der Waals surface area contributed by atoms with Crippen LogP contribution in [-0.4, -0.2) is 8.42 Å². The minimum atomic E-state index is -3.49. The highest BCUT2D eigenvalue weighted by Gasteiger charge is 2.16. The Kier molecular flexibility index (Phi) is 4.32. The number of anilines is 1. The first-order valence-electron chi connectivity index (χ1n) is 5.76. The van der Waals surface area contributed by atoms with Crippen molar-refractivity contribution >= 4 is 43.0 Å². The second kappa shape index (κ2) is 5.64. The number of hydrogen-bond acceptors (Lipinski definition) is 3. The van der Waals surface area contributed by atoms with Gasteiger partial charge in [-0.3, -0.25) is 4.72 Å². The van der Waals surface area contributed by atoms with E-state index in [1.807, 2.05) is 12.1 Å². The molecular weight excluding hydrogens is 346 g/mol. The highest BCUT2D eigenvalue weighted by molar-refractivity contribution is 9.11. The van der Waals surface area contributed by atoms with Crippen molar-refractivity contribution in [1.29, 1.82) is 0 Å². The van der Waals surface area contributed by atoms with Gasteiger partial charge in [-0.15, -0.1) is 11.3 Å². The van der Waals surface area contributed by atoms with Crippen LogP contribution in [0.3, 0.4) is 0 Å². The van der Waals surface area contributed by atoms with Crippen molar-refractivity contribution in [1.82, 2.24) is 0 Å². The first kappa shape index (κ1) is 14.6. The van der Waals surface area contributed by atoms with Gasteiger partial charge in [0.1, 0.15) is 4.21 Å². The topological polar surface area (TPSA) is 46.2 Å². The van der Waals surface area contributed by atoms with Crippen molar-refractivity contribution in [2.75, 3.05) is 4.72 Å². The Morgan fingerprint density at radius 1 is 1.11 bits per heavy atom. The molecule has 0 saturated heterocycles. The zero-order valence-electron chi connectivity index (χ0n) is 10.6. The van der Waals surface area contributed by atoms with Gasteiger partial charge in [0.2, 0.25) is 0 Å². The normalized spacial score (nSPS) is 11.8. The van der Waals surface area contributed by atoms with Gasteiger partial charge >= 0.3 is 0 Å². The van der Waals surface area contributed by atoms with E-state index in [-0.39, 0.29) is 0 Å². The molecule has 0 radical (unpaired) electrons. The predicted molar refractivity (Wildman–Crippen MR) is 83.4 cm³/mol. The molecule has 0 unspecified atom stereocenters. The van der Waals surface area contributed by atoms with Crippen molar-refractivity contribution in [3.63, 3.8) is 0 Å². The molecule has 102 valence electrons. The van der Waals surface area contributed by atoms with E-state index in [2.05, 4.69) is 34.5 Å². The average Bonchev–Trinajstić information content (AvgIpc) is 2.77. The van der Waals surface area contributed by atoms with E-state index in [1.165, 1.54) is 16.9 Å². The molecule has 1 N–H and O–H groups in total. The fourth-order valence-corrected chi connectivity index (χ4v) is 4.65. The Bertz CT molecular complexity index is 660. The van der Waals surface area contributed by atoms with Crippen LogP contribution in [0, 0.1) is 0 Å². The van der Waals surface area contributed by atoms with Gasteiger partial charge in [-0.2, -0.15) is 0 Å². The minimum Gasteiger partial charge on any atom is -0.279 e. The fraction of sp³-hybridized carbons (Fsp3) is 0.231. The van der Waals surface area contributed by atoms with Gasteiger partial charge in [0, 0.05) is 5.69 Å². The molecule has 1 aromatic heterocycles. The van der Waals surface area contributed by atoms with Crippen molar-refractivity contribution in [3.8, 4) is 0 Å². The van der Waals surface area contributed by atoms with Crippen LogP contribution in [0.1, 0.15) is 25.3 Å². The number of benzene rings is 1. The van der Waals surface area contributed by atoms with Gasteiger partial charge in [0.15, 0.2) is 0 Å². The van der Waals surface area contributed by atoms with E-state index in [0.717, 1.165) is 3.79 Å². The van der Waals surface area contributed by atoms with E-state index in [1.54, 1.807) is 24.3 Å². The van der Waals surface area contributed by atoms with Crippen LogP contribution < -0.4 is 4.72 Å². The molecular formula is C13H14BrNO2S2. The van der Waals surface area contributed by atoms with E-state index >= 15 is 0 Å². The lowest BCUT2D eigenvalue weighted by molar-refractivity contribution is 0.603. The summed E-state index contributed by atoms with van der Waals surface area (Å²) >= 11 is 4.45. The summed E-state index contributed by atoms with van der Waals surface area (Å²) in [4.78, 5) is 0. The monoisotopic (exact) mass is 359 g/mol. The summed E-state index contributed by atoms with van der Waals surface area (Å²) in [5, 5.41) is 0. The van der Waals surface area contributed by atoms with Gasteiger partial charge in [-0.05, 0) is 51.7 Å². The maximum Gasteiger partial charge on any atom is 0.271 e. The van der Waals surface area contributed by atoms with Crippen molar-refractivity contribution in [3.05, 3.63) is 45.7 Å². The van der Waals surface area contributed by atoms with Gasteiger partial charge in [-0.1, -0.05) is 26.0 Å². The number of nitrogens with one attached hydrogen (secondary N) is 1. The van der Waals surface area contributed by atoms with E-state index in [0.29, 0.717) is 15.8 Å². The second-order valence-electron chi connectivity index (χ2n) is 4.44. The summed E-state index contributed by atoms with van der Waals surface area (Å²) in [5.74, 6) is 0.430. The maximum atomic E-state index is 12.1. The Morgan fingerprint density at radius 2 is 1.74 bits per heavy atom. The molecule has 0 fully saturated rings. The van der Waals surface area contributed by atoms with Crippen LogP contribution in [0.4, 0.5) is 5.69 Å². The molecule has 0 spiro atoms. The Balaban J connectivity index is 2.21. The molecule has 0 atom stereocenters. The lowest BCUT2D eigenvalue weighted by Crippen LogP contribution is -2.11. The third-order valence-electron chi connectivity index (χ3n) is 2.64. The van der Waals surface area contributed by atoms with Crippen molar-refractivity contribution in [2.24, 2.45) is 0 Å². The standard InChI is InChI=1S/C13H14BrNO2S2/c1-9(2)10-3-5-11(6-4-10)15-19(16,17)13-8-7-12(14)18-13/h3-9,15H,1-2H3. The van der Waals surface area contributed by atoms with E-state index in [9.17, 15) is 8.42 Å². The molecule has 3 nitrogen and oxygen atoms in total. The van der Waals surface area contributed by atoms with Gasteiger partial charge < -0.3 is 0 Å². The van der Waals surface area contributed by atoms with Crippen LogP contribution in [0.5, 0.6) is 0 Å². The summed E-state index contributed by atoms with van der Waals surface area (Å²) in [6.45, 7) is 4.20. The summed E-state index contributed by atoms with van der Waals surface area (Å²) in [6.07, 6.45) is 0. The molecule has 6 heteroatoms. The van der Waals surface area contributed by atoms with Crippen molar-refractivity contribution < 1.29 is 8.42 Å². The van der Waals surface area contributed by atoms with Gasteiger partial charge in [0.05, 0.1) is 3.79 Å². The molecule has 1 aromatic carbocycles. The summed E-state index contributed by atoms with van der Waals surface area (Å²) in [7, 11) is -3.49. The third-order valence-corrected chi connectivity index (χ3v) is 6.14. The quantitative estimate of drug-likeness (QED) is 0.877. The number of hydrogen-bond donors (Lipinski definition) is 1. The molecule has 0 aliphatic heterocycles. The molecule has 2 rings (SSSR count). The number of rotatable bonds is 4. The molecule has 0 bridgehead atoms. The summed E-state index contributed by atoms with van der Waals surface area (Å²) < 4.78 is 27.9. The Labute approximate surface area is 125 Å². The lowest BCUT2D eigenvalue weighted by atomic mass is 10.0. The third kappa shape index (κ3) is 3.58. The van der Waals surface area contributed by atoms with Crippen LogP contribution in [-0.2, 0) is 10.0 Å². The molecule has 1 heterocycles. The first-order chi connectivity index (χ1) is 8.88. The highest BCUT2D eigenvalue weighted by atomic mass is 79.9. The van der Waals surface area contributed by atoms with E-state index < -0.39 is 10.0 Å². The highest BCUT2D eigenvalue weighted by Crippen LogP contribution is 2.28. The maximum absolute atomic E-state index is 12.1. The Morgan fingerprint density at radius 3 is 2.21 bits per heavy atom. The fourth-order valence-electron chi connectivity index (χ4n) is 1.58. The van der Waals surface area contributed by atoms with E-state index in [4.69, 9.17) is 0 Å². The van der Waals surface area contributed by atoms with Gasteiger partial charge in [-0.25, -0.2) is 8.42 Å². The SMILES string of the molecule is CC(C)c1ccc(NS(=O)(=O)c2ccc(Br)s2)cc1. The molecule has 0 aliphatic rings. The number of thiophene rings is 1. The minimum absolute atomic E-state index is 0.298. The van der Waals surface area contributed by atoms with Crippen LogP contribution in [0.25, 0.3) is 0 Å².